The lowest BCUT2D eigenvalue weighted by Gasteiger charge is -2.08. The third kappa shape index (κ3) is 5.73. The van der Waals surface area contributed by atoms with E-state index in [0.29, 0.717) is 28.9 Å². The third-order valence-electron chi connectivity index (χ3n) is 4.61. The number of nitrogens with one attached hydrogen (secondary N) is 3. The van der Waals surface area contributed by atoms with E-state index in [9.17, 15) is 14.4 Å². The van der Waals surface area contributed by atoms with Crippen LogP contribution < -0.4 is 21.7 Å². The van der Waals surface area contributed by atoms with Gasteiger partial charge in [0, 0.05) is 17.8 Å². The summed E-state index contributed by atoms with van der Waals surface area (Å²) in [6.07, 6.45) is 0.280. The SMILES string of the molecule is CCOC(=O)Nc1cccc(Cn2c(=O)oc3cc(C(=O)NCCCNC)ccc32)c1. The van der Waals surface area contributed by atoms with E-state index in [1.807, 2.05) is 13.1 Å². The average Bonchev–Trinajstić information content (AvgIpc) is 3.06. The zero-order chi connectivity index (χ0) is 22.2. The molecule has 164 valence electrons. The lowest BCUT2D eigenvalue weighted by atomic mass is 10.1. The van der Waals surface area contributed by atoms with Gasteiger partial charge in [-0.25, -0.2) is 9.59 Å². The van der Waals surface area contributed by atoms with Crippen LogP contribution in [0.15, 0.2) is 51.7 Å². The number of nitrogens with zero attached hydrogens (tertiary/aromatic N) is 1. The molecule has 9 nitrogen and oxygen atoms in total. The Bertz CT molecular complexity index is 1120. The normalized spacial score (nSPS) is 10.8. The summed E-state index contributed by atoms with van der Waals surface area (Å²) in [7, 11) is 1.86. The van der Waals surface area contributed by atoms with E-state index < -0.39 is 11.8 Å². The van der Waals surface area contributed by atoms with Crippen LogP contribution in [0.1, 0.15) is 29.3 Å². The fraction of sp³-hybridized carbons (Fsp3) is 0.318. The number of benzene rings is 2. The molecule has 2 aromatic carbocycles. The van der Waals surface area contributed by atoms with Gasteiger partial charge in [0.1, 0.15) is 0 Å². The minimum atomic E-state index is -0.539. The first kappa shape index (κ1) is 22.1. The maximum atomic E-state index is 12.4. The van der Waals surface area contributed by atoms with Crippen molar-refractivity contribution in [3.63, 3.8) is 0 Å². The smallest absolute Gasteiger partial charge is 0.420 e. The van der Waals surface area contributed by atoms with Gasteiger partial charge in [0.25, 0.3) is 5.91 Å². The molecular formula is C22H26N4O5. The molecule has 0 bridgehead atoms. The Morgan fingerprint density at radius 3 is 2.74 bits per heavy atom. The Morgan fingerprint density at radius 1 is 1.13 bits per heavy atom. The van der Waals surface area contributed by atoms with Crippen molar-refractivity contribution in [1.82, 2.24) is 15.2 Å². The second kappa shape index (κ2) is 10.4. The van der Waals surface area contributed by atoms with Crippen molar-refractivity contribution in [2.24, 2.45) is 0 Å². The van der Waals surface area contributed by atoms with E-state index in [0.717, 1.165) is 18.5 Å². The molecule has 3 aromatic rings. The Kier molecular flexibility index (Phi) is 7.45. The van der Waals surface area contributed by atoms with Gasteiger partial charge in [-0.15, -0.1) is 0 Å². The van der Waals surface area contributed by atoms with E-state index in [-0.39, 0.29) is 19.1 Å². The van der Waals surface area contributed by atoms with Crippen molar-refractivity contribution >= 4 is 28.8 Å². The Morgan fingerprint density at radius 2 is 1.97 bits per heavy atom. The van der Waals surface area contributed by atoms with Crippen molar-refractivity contribution in [3.05, 3.63) is 64.1 Å². The fourth-order valence-corrected chi connectivity index (χ4v) is 3.14. The van der Waals surface area contributed by atoms with Gasteiger partial charge >= 0.3 is 11.8 Å². The molecule has 1 heterocycles. The molecule has 0 atom stereocenters. The van der Waals surface area contributed by atoms with Crippen LogP contribution in [0.2, 0.25) is 0 Å². The summed E-state index contributed by atoms with van der Waals surface area (Å²) in [5, 5.41) is 8.50. The second-order valence-electron chi connectivity index (χ2n) is 6.90. The number of anilines is 1. The highest BCUT2D eigenvalue weighted by Gasteiger charge is 2.13. The van der Waals surface area contributed by atoms with Gasteiger partial charge in [0.05, 0.1) is 18.7 Å². The summed E-state index contributed by atoms with van der Waals surface area (Å²) in [5.41, 5.74) is 2.71. The van der Waals surface area contributed by atoms with Crippen molar-refractivity contribution in [2.45, 2.75) is 19.9 Å². The topological polar surface area (TPSA) is 115 Å². The Hall–Kier alpha value is -3.59. The second-order valence-corrected chi connectivity index (χ2v) is 6.90. The molecule has 3 rings (SSSR count). The molecule has 0 aliphatic rings. The largest absolute Gasteiger partial charge is 0.450 e. The van der Waals surface area contributed by atoms with E-state index in [4.69, 9.17) is 9.15 Å². The van der Waals surface area contributed by atoms with E-state index in [1.54, 1.807) is 43.3 Å². The van der Waals surface area contributed by atoms with Crippen LogP contribution in [0.25, 0.3) is 11.1 Å². The zero-order valence-electron chi connectivity index (χ0n) is 17.6. The zero-order valence-corrected chi connectivity index (χ0v) is 17.6. The molecule has 1 aromatic heterocycles. The number of oxazole rings is 1. The summed E-state index contributed by atoms with van der Waals surface area (Å²) in [6.45, 7) is 3.62. The molecule has 0 aliphatic heterocycles. The monoisotopic (exact) mass is 426 g/mol. The summed E-state index contributed by atoms with van der Waals surface area (Å²) in [5.74, 6) is -0.739. The van der Waals surface area contributed by atoms with Gasteiger partial charge < -0.3 is 19.8 Å². The van der Waals surface area contributed by atoms with E-state index in [1.165, 1.54) is 4.57 Å². The number of ether oxygens (including phenoxy) is 1. The first-order valence-corrected chi connectivity index (χ1v) is 10.1. The summed E-state index contributed by atoms with van der Waals surface area (Å²) < 4.78 is 11.7. The Labute approximate surface area is 179 Å². The maximum absolute atomic E-state index is 12.4. The number of carbonyl (C=O) groups is 2. The number of amides is 2. The van der Waals surface area contributed by atoms with Gasteiger partial charge in [-0.1, -0.05) is 12.1 Å². The Balaban J connectivity index is 1.76. The van der Waals surface area contributed by atoms with Gasteiger partial charge in [-0.05, 0) is 62.8 Å². The summed E-state index contributed by atoms with van der Waals surface area (Å²) >= 11 is 0. The molecule has 0 saturated heterocycles. The average molecular weight is 426 g/mol. The molecule has 0 radical (unpaired) electrons. The molecule has 0 unspecified atom stereocenters. The van der Waals surface area contributed by atoms with Crippen LogP contribution in [-0.4, -0.2) is 43.3 Å². The van der Waals surface area contributed by atoms with Crippen molar-refractivity contribution < 1.29 is 18.7 Å². The lowest BCUT2D eigenvalue weighted by Crippen LogP contribution is -2.26. The van der Waals surface area contributed by atoms with Gasteiger partial charge in [-0.2, -0.15) is 0 Å². The summed E-state index contributed by atoms with van der Waals surface area (Å²) in [4.78, 5) is 36.3. The number of rotatable bonds is 9. The van der Waals surface area contributed by atoms with Crippen LogP contribution in [0, 0.1) is 0 Å². The molecule has 31 heavy (non-hydrogen) atoms. The fourth-order valence-electron chi connectivity index (χ4n) is 3.14. The number of aromatic nitrogens is 1. The quantitative estimate of drug-likeness (QED) is 0.453. The van der Waals surface area contributed by atoms with Crippen molar-refractivity contribution in [1.29, 1.82) is 0 Å². The number of fused-ring (bicyclic) bond motifs is 1. The molecular weight excluding hydrogens is 400 g/mol. The number of carbonyl (C=O) groups excluding carboxylic acids is 2. The number of hydrogen-bond donors (Lipinski definition) is 3. The molecule has 0 spiro atoms. The first-order chi connectivity index (χ1) is 15.0. The minimum Gasteiger partial charge on any atom is -0.450 e. The lowest BCUT2D eigenvalue weighted by molar-refractivity contribution is 0.0953. The highest BCUT2D eigenvalue weighted by molar-refractivity contribution is 5.97. The predicted octanol–water partition coefficient (Wildman–Crippen LogP) is 2.55. The molecule has 2 amide bonds. The van der Waals surface area contributed by atoms with Crippen LogP contribution >= 0.6 is 0 Å². The highest BCUT2D eigenvalue weighted by Crippen LogP contribution is 2.18. The van der Waals surface area contributed by atoms with Gasteiger partial charge in [0.15, 0.2) is 5.58 Å². The van der Waals surface area contributed by atoms with Crippen LogP contribution in [0.5, 0.6) is 0 Å². The molecule has 0 saturated carbocycles. The summed E-state index contributed by atoms with van der Waals surface area (Å²) in [6, 6.07) is 12.0. The van der Waals surface area contributed by atoms with Crippen molar-refractivity contribution in [2.75, 3.05) is 32.1 Å². The van der Waals surface area contributed by atoms with Crippen LogP contribution in [0.4, 0.5) is 10.5 Å². The molecule has 3 N–H and O–H groups in total. The van der Waals surface area contributed by atoms with Crippen LogP contribution in [-0.2, 0) is 11.3 Å². The minimum absolute atomic E-state index is 0.217. The standard InChI is InChI=1S/C22H26N4O5/c1-3-30-21(28)25-17-7-4-6-15(12-17)14-26-18-9-8-16(13-19(18)31-22(26)29)20(27)24-11-5-10-23-2/h4,6-9,12-13,23H,3,5,10-11,14H2,1-2H3,(H,24,27)(H,25,28). The molecule has 9 heteroatoms. The third-order valence-corrected chi connectivity index (χ3v) is 4.61. The van der Waals surface area contributed by atoms with Crippen LogP contribution in [0.3, 0.4) is 0 Å². The molecule has 0 aliphatic carbocycles. The highest BCUT2D eigenvalue weighted by atomic mass is 16.5. The van der Waals surface area contributed by atoms with E-state index in [2.05, 4.69) is 16.0 Å². The molecule has 0 fully saturated rings. The van der Waals surface area contributed by atoms with Gasteiger partial charge in [-0.3, -0.25) is 14.7 Å². The maximum Gasteiger partial charge on any atom is 0.420 e. The van der Waals surface area contributed by atoms with E-state index >= 15 is 0 Å². The first-order valence-electron chi connectivity index (χ1n) is 10.1. The van der Waals surface area contributed by atoms with Crippen molar-refractivity contribution in [3.8, 4) is 0 Å². The number of hydrogen-bond acceptors (Lipinski definition) is 6. The predicted molar refractivity (Wildman–Crippen MR) is 118 cm³/mol. The van der Waals surface area contributed by atoms with Gasteiger partial charge in [0.2, 0.25) is 0 Å².